The highest BCUT2D eigenvalue weighted by molar-refractivity contribution is 6.04. The summed E-state index contributed by atoms with van der Waals surface area (Å²) in [4.78, 5) is 30.9. The molecule has 5 heteroatoms. The molecule has 0 radical (unpaired) electrons. The number of fused-ring (bicyclic) bond motifs is 4. The Kier molecular flexibility index (Phi) is 3.03. The van der Waals surface area contributed by atoms with E-state index in [-0.39, 0.29) is 11.5 Å². The van der Waals surface area contributed by atoms with Crippen LogP contribution in [0.5, 0.6) is 0 Å². The number of carbonyl (C=O) groups excluding carboxylic acids is 1. The van der Waals surface area contributed by atoms with Gasteiger partial charge in [-0.15, -0.1) is 0 Å². The van der Waals surface area contributed by atoms with Crippen molar-refractivity contribution in [3.05, 3.63) is 94.8 Å². The van der Waals surface area contributed by atoms with Crippen molar-refractivity contribution in [3.63, 3.8) is 0 Å². The molecule has 0 aliphatic heterocycles. The van der Waals surface area contributed by atoms with E-state index in [2.05, 4.69) is 4.98 Å². The molecule has 26 heavy (non-hydrogen) atoms. The van der Waals surface area contributed by atoms with Crippen molar-refractivity contribution >= 4 is 33.6 Å². The first-order chi connectivity index (χ1) is 12.8. The average molecular weight is 339 g/mol. The Morgan fingerprint density at radius 1 is 0.769 bits per heavy atom. The first-order valence-electron chi connectivity index (χ1n) is 8.26. The number of rotatable bonds is 1. The lowest BCUT2D eigenvalue weighted by Crippen LogP contribution is -2.18. The Morgan fingerprint density at radius 2 is 1.42 bits per heavy atom. The van der Waals surface area contributed by atoms with Crippen LogP contribution in [0.1, 0.15) is 10.4 Å². The predicted molar refractivity (Wildman–Crippen MR) is 101 cm³/mol. The normalized spacial score (nSPS) is 11.4. The van der Waals surface area contributed by atoms with Crippen LogP contribution >= 0.6 is 0 Å². The molecule has 3 aromatic carbocycles. The van der Waals surface area contributed by atoms with Gasteiger partial charge in [0.1, 0.15) is 0 Å². The number of hydrogen-bond acceptors (Lipinski definition) is 3. The summed E-state index contributed by atoms with van der Waals surface area (Å²) in [5, 5.41) is 0.528. The molecule has 0 spiro atoms. The monoisotopic (exact) mass is 339 g/mol. The lowest BCUT2D eigenvalue weighted by atomic mass is 10.2. The fraction of sp³-hybridized carbons (Fsp3) is 0. The van der Waals surface area contributed by atoms with Crippen LogP contribution in [-0.4, -0.2) is 19.9 Å². The number of carbonyl (C=O) groups is 1. The summed E-state index contributed by atoms with van der Waals surface area (Å²) < 4.78 is 3.02. The number of para-hydroxylation sites is 3. The summed E-state index contributed by atoms with van der Waals surface area (Å²) in [7, 11) is 0. The average Bonchev–Trinajstić information content (AvgIpc) is 3.02. The molecule has 0 fully saturated rings. The molecular formula is C21H13N3O2. The molecule has 2 heterocycles. The van der Waals surface area contributed by atoms with Crippen LogP contribution in [0.25, 0.3) is 27.7 Å². The smallest absolute Gasteiger partial charge is 0.267 e. The zero-order valence-corrected chi connectivity index (χ0v) is 13.7. The fourth-order valence-corrected chi connectivity index (χ4v) is 3.35. The highest BCUT2D eigenvalue weighted by atomic mass is 16.2. The molecule has 0 unspecified atom stereocenters. The summed E-state index contributed by atoms with van der Waals surface area (Å²) in [6.07, 6.45) is 0. The van der Waals surface area contributed by atoms with Crippen molar-refractivity contribution in [3.8, 4) is 0 Å². The molecular weight excluding hydrogens is 326 g/mol. The van der Waals surface area contributed by atoms with Crippen LogP contribution in [0.2, 0.25) is 0 Å². The third kappa shape index (κ3) is 1.94. The van der Waals surface area contributed by atoms with Crippen molar-refractivity contribution in [2.45, 2.75) is 0 Å². The maximum atomic E-state index is 13.2. The van der Waals surface area contributed by atoms with E-state index < -0.39 is 0 Å². The molecule has 0 bridgehead atoms. The summed E-state index contributed by atoms with van der Waals surface area (Å²) >= 11 is 0. The van der Waals surface area contributed by atoms with Gasteiger partial charge in [-0.2, -0.15) is 0 Å². The van der Waals surface area contributed by atoms with Gasteiger partial charge in [-0.05, 0) is 36.4 Å². The number of aromatic nitrogens is 3. The largest absolute Gasteiger partial charge is 0.268 e. The maximum absolute atomic E-state index is 13.2. The third-order valence-corrected chi connectivity index (χ3v) is 4.55. The summed E-state index contributed by atoms with van der Waals surface area (Å²) in [5.74, 6) is 0.107. The van der Waals surface area contributed by atoms with Crippen LogP contribution in [-0.2, 0) is 0 Å². The van der Waals surface area contributed by atoms with Gasteiger partial charge in [-0.1, -0.05) is 42.5 Å². The minimum atomic E-state index is -0.216. The van der Waals surface area contributed by atoms with Crippen LogP contribution in [0.3, 0.4) is 0 Å². The number of nitrogens with zero attached hydrogens (tertiary/aromatic N) is 3. The molecule has 0 aliphatic rings. The second-order valence-corrected chi connectivity index (χ2v) is 6.06. The summed E-state index contributed by atoms with van der Waals surface area (Å²) in [6.45, 7) is 0. The van der Waals surface area contributed by atoms with Gasteiger partial charge in [-0.3, -0.25) is 9.59 Å². The van der Waals surface area contributed by atoms with Crippen molar-refractivity contribution in [1.29, 1.82) is 0 Å². The van der Waals surface area contributed by atoms with Crippen LogP contribution < -0.4 is 5.56 Å². The van der Waals surface area contributed by atoms with Gasteiger partial charge >= 0.3 is 0 Å². The lowest BCUT2D eigenvalue weighted by Gasteiger charge is -2.05. The predicted octanol–water partition coefficient (Wildman–Crippen LogP) is 3.49. The van der Waals surface area contributed by atoms with Gasteiger partial charge in [0.15, 0.2) is 0 Å². The zero-order valence-electron chi connectivity index (χ0n) is 13.7. The Hall–Kier alpha value is -3.73. The number of benzene rings is 3. The molecule has 0 saturated carbocycles. The van der Waals surface area contributed by atoms with Crippen molar-refractivity contribution < 1.29 is 4.79 Å². The van der Waals surface area contributed by atoms with E-state index in [0.29, 0.717) is 33.3 Å². The van der Waals surface area contributed by atoms with Gasteiger partial charge < -0.3 is 0 Å². The van der Waals surface area contributed by atoms with E-state index in [1.165, 1.54) is 8.97 Å². The number of imidazole rings is 1. The Balaban J connectivity index is 1.99. The third-order valence-electron chi connectivity index (χ3n) is 4.55. The van der Waals surface area contributed by atoms with Crippen LogP contribution in [0.15, 0.2) is 83.7 Å². The van der Waals surface area contributed by atoms with Gasteiger partial charge in [0, 0.05) is 5.56 Å². The lowest BCUT2D eigenvalue weighted by molar-refractivity contribution is 0.0968. The highest BCUT2D eigenvalue weighted by Crippen LogP contribution is 2.21. The van der Waals surface area contributed by atoms with E-state index in [1.54, 1.807) is 24.3 Å². The molecule has 0 atom stereocenters. The first kappa shape index (κ1) is 14.6. The van der Waals surface area contributed by atoms with Gasteiger partial charge in [0.25, 0.3) is 11.5 Å². The van der Waals surface area contributed by atoms with E-state index in [0.717, 1.165) is 0 Å². The van der Waals surface area contributed by atoms with E-state index in [4.69, 9.17) is 0 Å². The molecule has 124 valence electrons. The van der Waals surface area contributed by atoms with Crippen molar-refractivity contribution in [2.24, 2.45) is 0 Å². The van der Waals surface area contributed by atoms with Crippen LogP contribution in [0.4, 0.5) is 0 Å². The topological polar surface area (TPSA) is 56.4 Å². The second kappa shape index (κ2) is 5.39. The van der Waals surface area contributed by atoms with Gasteiger partial charge in [-0.25, -0.2) is 14.0 Å². The molecule has 0 N–H and O–H groups in total. The molecule has 0 amide bonds. The molecule has 5 nitrogen and oxygen atoms in total. The minimum Gasteiger partial charge on any atom is -0.268 e. The summed E-state index contributed by atoms with van der Waals surface area (Å²) in [5.41, 5.74) is 2.25. The molecule has 2 aromatic heterocycles. The van der Waals surface area contributed by atoms with E-state index in [9.17, 15) is 9.59 Å². The second-order valence-electron chi connectivity index (χ2n) is 6.06. The maximum Gasteiger partial charge on any atom is 0.267 e. The van der Waals surface area contributed by atoms with Gasteiger partial charge in [0.2, 0.25) is 5.78 Å². The Labute approximate surface area is 147 Å². The van der Waals surface area contributed by atoms with Crippen molar-refractivity contribution in [2.75, 3.05) is 0 Å². The fourth-order valence-electron chi connectivity index (χ4n) is 3.35. The minimum absolute atomic E-state index is 0.179. The highest BCUT2D eigenvalue weighted by Gasteiger charge is 2.20. The van der Waals surface area contributed by atoms with E-state index in [1.807, 2.05) is 54.6 Å². The van der Waals surface area contributed by atoms with Crippen molar-refractivity contribution in [1.82, 2.24) is 14.0 Å². The zero-order chi connectivity index (χ0) is 17.7. The summed E-state index contributed by atoms with van der Waals surface area (Å²) in [6, 6.07) is 23.5. The van der Waals surface area contributed by atoms with E-state index >= 15 is 0 Å². The molecule has 5 rings (SSSR count). The Bertz CT molecular complexity index is 1360. The van der Waals surface area contributed by atoms with Crippen LogP contribution in [0, 0.1) is 0 Å². The quantitative estimate of drug-likeness (QED) is 0.470. The van der Waals surface area contributed by atoms with Gasteiger partial charge in [0.05, 0.1) is 21.9 Å². The molecule has 0 aliphatic carbocycles. The SMILES string of the molecule is O=C(c1ccccc1)n1c2ccccc2n2c(=O)c3ccccc3nc12. The molecule has 0 saturated heterocycles. The number of hydrogen-bond donors (Lipinski definition) is 0. The molecule has 5 aromatic rings. The first-order valence-corrected chi connectivity index (χ1v) is 8.26. The standard InChI is InChI=1S/C21H13N3O2/c25-19(14-8-2-1-3-9-14)23-17-12-6-7-13-18(17)24-20(26)15-10-4-5-11-16(15)22-21(23)24/h1-13H. The Morgan fingerprint density at radius 3 is 2.23 bits per heavy atom.